The molecular formula is C43H50Cl3N3O3S. The van der Waals surface area contributed by atoms with Crippen molar-refractivity contribution in [1.29, 1.82) is 0 Å². The molecule has 53 heavy (non-hydrogen) atoms. The van der Waals surface area contributed by atoms with Crippen molar-refractivity contribution < 1.29 is 13.8 Å². The number of carbonyl (C=O) groups excluding carboxylic acids is 2. The third kappa shape index (κ3) is 8.55. The molecule has 2 amide bonds. The van der Waals surface area contributed by atoms with Crippen LogP contribution in [0.2, 0.25) is 10.0 Å². The molecule has 2 aliphatic rings. The molecule has 1 fully saturated rings. The minimum absolute atomic E-state index is 0. The molecule has 2 atom stereocenters. The number of likely N-dealkylation sites (N-methyl/N-ethyl adjacent to an activating group) is 2. The number of carbonyl (C=O) groups is 2. The van der Waals surface area contributed by atoms with Crippen molar-refractivity contribution in [2.75, 3.05) is 40.3 Å². The summed E-state index contributed by atoms with van der Waals surface area (Å²) in [6.45, 7) is 6.33. The maximum absolute atomic E-state index is 14.8. The predicted molar refractivity (Wildman–Crippen MR) is 220 cm³/mol. The molecule has 4 aromatic carbocycles. The molecule has 2 heterocycles. The molecule has 4 aromatic rings. The first-order chi connectivity index (χ1) is 24.9. The van der Waals surface area contributed by atoms with Gasteiger partial charge in [-0.3, -0.25) is 13.8 Å². The Hall–Kier alpha value is -3.20. The number of rotatable bonds is 12. The molecule has 0 bridgehead atoms. The van der Waals surface area contributed by atoms with Crippen molar-refractivity contribution >= 4 is 58.2 Å². The Labute approximate surface area is 333 Å². The summed E-state index contributed by atoms with van der Waals surface area (Å²) in [6.07, 6.45) is 2.42. The van der Waals surface area contributed by atoms with Gasteiger partial charge in [-0.2, -0.15) is 0 Å². The minimum Gasteiger partial charge on any atom is -0.343 e. The van der Waals surface area contributed by atoms with Crippen molar-refractivity contribution in [3.05, 3.63) is 141 Å². The average molecular weight is 795 g/mol. The quantitative estimate of drug-likeness (QED) is 0.144. The first-order valence-electron chi connectivity index (χ1n) is 18.2. The largest absolute Gasteiger partial charge is 0.343 e. The number of nitrogens with zero attached hydrogens (tertiary/aromatic N) is 3. The molecule has 0 aromatic heterocycles. The van der Waals surface area contributed by atoms with Gasteiger partial charge >= 0.3 is 0 Å². The van der Waals surface area contributed by atoms with Crippen LogP contribution in [-0.4, -0.2) is 71.0 Å². The number of benzene rings is 4. The van der Waals surface area contributed by atoms with Crippen molar-refractivity contribution in [3.63, 3.8) is 0 Å². The van der Waals surface area contributed by atoms with Crippen LogP contribution in [0.5, 0.6) is 0 Å². The Kier molecular flexibility index (Phi) is 13.5. The molecule has 10 heteroatoms. The molecule has 0 radical (unpaired) electrons. The summed E-state index contributed by atoms with van der Waals surface area (Å²) in [5.74, 6) is 0.203. The van der Waals surface area contributed by atoms with E-state index in [-0.39, 0.29) is 53.8 Å². The lowest BCUT2D eigenvalue weighted by Gasteiger charge is -2.47. The van der Waals surface area contributed by atoms with Gasteiger partial charge in [-0.05, 0) is 72.3 Å². The molecule has 1 unspecified atom stereocenters. The van der Waals surface area contributed by atoms with E-state index < -0.39 is 16.3 Å². The summed E-state index contributed by atoms with van der Waals surface area (Å²) >= 11 is 13.2. The van der Waals surface area contributed by atoms with Crippen molar-refractivity contribution in [1.82, 2.24) is 14.7 Å². The first-order valence-corrected chi connectivity index (χ1v) is 20.3. The molecular weight excluding hydrogens is 745 g/mol. The first kappa shape index (κ1) is 41.0. The molecule has 6 rings (SSSR count). The number of hydrogen-bond donors (Lipinski definition) is 0. The van der Waals surface area contributed by atoms with Gasteiger partial charge in [0.15, 0.2) is 0 Å². The Morgan fingerprint density at radius 2 is 1.43 bits per heavy atom. The van der Waals surface area contributed by atoms with Gasteiger partial charge < -0.3 is 14.7 Å². The van der Waals surface area contributed by atoms with Crippen LogP contribution in [0.15, 0.2) is 103 Å². The second kappa shape index (κ2) is 17.5. The van der Waals surface area contributed by atoms with Gasteiger partial charge in [0.25, 0.3) is 0 Å². The topological polar surface area (TPSA) is 60.9 Å². The minimum atomic E-state index is -0.955. The van der Waals surface area contributed by atoms with Crippen molar-refractivity contribution in [2.45, 2.75) is 61.5 Å². The molecule has 0 N–H and O–H groups in total. The Morgan fingerprint density at radius 1 is 0.849 bits per heavy atom. The normalized spacial score (nSPS) is 17.6. The fraction of sp³-hybridized carbons (Fsp3) is 0.395. The number of fused-ring (bicyclic) bond motifs is 2. The SMILES string of the molecule is CC(C)C(=O)N(C)CC(CCN1CCC2(CC1)c1ccccc1C[S@]2=O)(c1ccc(Cl)c(Cl)c1)N(C)C(=O)CC(c1ccccc1)c1ccccc1.Cl. The second-order valence-electron chi connectivity index (χ2n) is 14.8. The zero-order chi connectivity index (χ0) is 37.0. The number of likely N-dealkylation sites (tertiary alicyclic amines) is 1. The lowest BCUT2D eigenvalue weighted by Crippen LogP contribution is -2.56. The van der Waals surface area contributed by atoms with Crippen LogP contribution in [0.4, 0.5) is 0 Å². The summed E-state index contributed by atoms with van der Waals surface area (Å²) in [5, 5.41) is 0.829. The van der Waals surface area contributed by atoms with E-state index in [1.807, 2.05) is 87.4 Å². The van der Waals surface area contributed by atoms with Crippen LogP contribution in [-0.2, 0) is 36.4 Å². The Bertz CT molecular complexity index is 1860. The van der Waals surface area contributed by atoms with E-state index in [2.05, 4.69) is 47.4 Å². The lowest BCUT2D eigenvalue weighted by atomic mass is 9.81. The van der Waals surface area contributed by atoms with Gasteiger partial charge in [0.1, 0.15) is 0 Å². The number of hydrogen-bond acceptors (Lipinski definition) is 4. The predicted octanol–water partition coefficient (Wildman–Crippen LogP) is 9.05. The standard InChI is InChI=1S/C43H49Cl2N3O3S.ClH/c1-31(2)41(50)46(3)30-42(35-19-20-38(44)39(45)27-35,21-24-48-25-22-43(23-26-48)37-18-12-11-17-34(37)29-52(43)51)47(4)40(49)28-36(32-13-7-5-8-14-32)33-15-9-6-10-16-33;/h5-20,27,31,36H,21-26,28-30H2,1-4H3;1H/t42?,52-;/m1./s1. The van der Waals surface area contributed by atoms with Gasteiger partial charge in [-0.25, -0.2) is 0 Å². The van der Waals surface area contributed by atoms with Crippen LogP contribution in [0.25, 0.3) is 0 Å². The number of halogens is 3. The number of piperidine rings is 1. The summed E-state index contributed by atoms with van der Waals surface area (Å²) < 4.78 is 13.3. The average Bonchev–Trinajstić information content (AvgIpc) is 3.43. The van der Waals surface area contributed by atoms with Gasteiger partial charge in [0, 0.05) is 62.0 Å². The van der Waals surface area contributed by atoms with Crippen LogP contribution in [0.3, 0.4) is 0 Å². The van der Waals surface area contributed by atoms with Gasteiger partial charge in [0.05, 0.1) is 20.3 Å². The highest BCUT2D eigenvalue weighted by Crippen LogP contribution is 2.47. The van der Waals surface area contributed by atoms with Crippen LogP contribution < -0.4 is 0 Å². The maximum atomic E-state index is 14.8. The molecule has 0 aliphatic carbocycles. The Balaban J connectivity index is 0.00000541. The van der Waals surface area contributed by atoms with E-state index >= 15 is 0 Å². The van der Waals surface area contributed by atoms with Crippen molar-refractivity contribution in [3.8, 4) is 0 Å². The Morgan fingerprint density at radius 3 is 2.02 bits per heavy atom. The summed E-state index contributed by atoms with van der Waals surface area (Å²) in [7, 11) is 2.74. The van der Waals surface area contributed by atoms with E-state index in [1.54, 1.807) is 11.0 Å². The zero-order valence-electron chi connectivity index (χ0n) is 31.0. The molecule has 1 saturated heterocycles. The zero-order valence-corrected chi connectivity index (χ0v) is 34.1. The third-order valence-electron chi connectivity index (χ3n) is 11.4. The third-order valence-corrected chi connectivity index (χ3v) is 14.2. The van der Waals surface area contributed by atoms with Crippen LogP contribution in [0, 0.1) is 5.92 Å². The van der Waals surface area contributed by atoms with E-state index in [4.69, 9.17) is 23.2 Å². The van der Waals surface area contributed by atoms with E-state index in [0.717, 1.165) is 42.6 Å². The monoisotopic (exact) mass is 793 g/mol. The van der Waals surface area contributed by atoms with Crippen LogP contribution in [0.1, 0.15) is 73.3 Å². The van der Waals surface area contributed by atoms with E-state index in [9.17, 15) is 13.8 Å². The molecule has 282 valence electrons. The van der Waals surface area contributed by atoms with Crippen molar-refractivity contribution in [2.24, 2.45) is 5.92 Å². The highest BCUT2D eigenvalue weighted by Gasteiger charge is 2.48. The fourth-order valence-electron chi connectivity index (χ4n) is 8.30. The maximum Gasteiger partial charge on any atom is 0.224 e. The lowest BCUT2D eigenvalue weighted by molar-refractivity contribution is -0.143. The smallest absolute Gasteiger partial charge is 0.224 e. The molecule has 0 saturated carbocycles. The second-order valence-corrected chi connectivity index (χ2v) is 17.3. The summed E-state index contributed by atoms with van der Waals surface area (Å²) in [6, 6.07) is 34.3. The summed E-state index contributed by atoms with van der Waals surface area (Å²) in [4.78, 5) is 34.4. The number of amides is 2. The van der Waals surface area contributed by atoms with Gasteiger partial charge in [-0.1, -0.05) is 128 Å². The summed E-state index contributed by atoms with van der Waals surface area (Å²) in [5.41, 5.74) is 4.47. The van der Waals surface area contributed by atoms with E-state index in [1.165, 1.54) is 11.1 Å². The van der Waals surface area contributed by atoms with Crippen LogP contribution >= 0.6 is 35.6 Å². The van der Waals surface area contributed by atoms with E-state index in [0.29, 0.717) is 28.8 Å². The molecule has 6 nitrogen and oxygen atoms in total. The fourth-order valence-corrected chi connectivity index (χ4v) is 10.5. The molecule has 2 aliphatic heterocycles. The van der Waals surface area contributed by atoms with Gasteiger partial charge in [-0.15, -0.1) is 12.4 Å². The highest BCUT2D eigenvalue weighted by atomic mass is 35.5. The molecule has 1 spiro atoms. The highest BCUT2D eigenvalue weighted by molar-refractivity contribution is 7.85. The van der Waals surface area contributed by atoms with Gasteiger partial charge in [0.2, 0.25) is 11.8 Å².